The van der Waals surface area contributed by atoms with Gasteiger partial charge in [0.1, 0.15) is 5.75 Å². The molecule has 0 spiro atoms. The van der Waals surface area contributed by atoms with Crippen LogP contribution in [-0.4, -0.2) is 19.6 Å². The summed E-state index contributed by atoms with van der Waals surface area (Å²) < 4.78 is 5.91. The molecular formula is C17H18BrNO2. The Balaban J connectivity index is 1.96. The molecule has 0 bridgehead atoms. The van der Waals surface area contributed by atoms with Crippen LogP contribution < -0.4 is 10.1 Å². The molecule has 4 heteroatoms. The summed E-state index contributed by atoms with van der Waals surface area (Å²) in [7, 11) is 1.59. The van der Waals surface area contributed by atoms with E-state index in [1.165, 1.54) is 11.1 Å². The van der Waals surface area contributed by atoms with Gasteiger partial charge in [-0.05, 0) is 53.0 Å². The molecule has 0 heterocycles. The molecule has 2 rings (SSSR count). The zero-order valence-electron chi connectivity index (χ0n) is 12.2. The Hall–Kier alpha value is -1.81. The minimum atomic E-state index is -0.103. The normalized spacial score (nSPS) is 10.2. The summed E-state index contributed by atoms with van der Waals surface area (Å²) in [5.41, 5.74) is 3.04. The molecule has 0 atom stereocenters. The number of carbonyl (C=O) groups excluding carboxylic acids is 1. The number of benzene rings is 2. The first-order chi connectivity index (χ1) is 10.1. The van der Waals surface area contributed by atoms with Crippen molar-refractivity contribution in [3.8, 4) is 5.75 Å². The first-order valence-corrected chi connectivity index (χ1v) is 7.56. The fourth-order valence-corrected chi connectivity index (χ4v) is 2.52. The van der Waals surface area contributed by atoms with E-state index in [0.29, 0.717) is 17.9 Å². The summed E-state index contributed by atoms with van der Waals surface area (Å²) in [6.45, 7) is 2.67. The van der Waals surface area contributed by atoms with Crippen LogP contribution >= 0.6 is 15.9 Å². The number of methoxy groups -OCH3 is 1. The number of hydrogen-bond donors (Lipinski definition) is 1. The molecule has 0 aromatic heterocycles. The predicted octanol–water partition coefficient (Wildman–Crippen LogP) is 3.74. The fourth-order valence-electron chi connectivity index (χ4n) is 2.09. The van der Waals surface area contributed by atoms with E-state index in [-0.39, 0.29) is 5.91 Å². The van der Waals surface area contributed by atoms with Crippen molar-refractivity contribution in [2.24, 2.45) is 0 Å². The van der Waals surface area contributed by atoms with Crippen LogP contribution in [0.1, 0.15) is 21.5 Å². The third kappa shape index (κ3) is 4.33. The summed E-state index contributed by atoms with van der Waals surface area (Å²) in [5.74, 6) is 0.565. The summed E-state index contributed by atoms with van der Waals surface area (Å²) in [6, 6.07) is 13.7. The Labute approximate surface area is 133 Å². The molecule has 21 heavy (non-hydrogen) atoms. The van der Waals surface area contributed by atoms with E-state index in [1.54, 1.807) is 13.2 Å². The Morgan fingerprint density at radius 3 is 2.76 bits per heavy atom. The number of halogens is 1. The fraction of sp³-hybridized carbons (Fsp3) is 0.235. The van der Waals surface area contributed by atoms with Crippen molar-refractivity contribution >= 4 is 21.8 Å². The van der Waals surface area contributed by atoms with Crippen molar-refractivity contribution in [3.05, 3.63) is 63.6 Å². The number of amides is 1. The van der Waals surface area contributed by atoms with Gasteiger partial charge in [-0.1, -0.05) is 29.8 Å². The Morgan fingerprint density at radius 2 is 2.05 bits per heavy atom. The van der Waals surface area contributed by atoms with Crippen LogP contribution in [-0.2, 0) is 6.42 Å². The number of carbonyl (C=O) groups is 1. The van der Waals surface area contributed by atoms with Crippen LogP contribution in [0.4, 0.5) is 0 Å². The number of nitrogens with one attached hydrogen (secondary N) is 1. The summed E-state index contributed by atoms with van der Waals surface area (Å²) in [6.07, 6.45) is 0.814. The van der Waals surface area contributed by atoms with E-state index in [1.807, 2.05) is 18.2 Å². The molecule has 1 amide bonds. The van der Waals surface area contributed by atoms with E-state index < -0.39 is 0 Å². The van der Waals surface area contributed by atoms with Crippen molar-refractivity contribution in [1.82, 2.24) is 5.32 Å². The molecule has 0 fully saturated rings. The van der Waals surface area contributed by atoms with Crippen LogP contribution in [0.15, 0.2) is 46.9 Å². The summed E-state index contributed by atoms with van der Waals surface area (Å²) in [4.78, 5) is 12.2. The van der Waals surface area contributed by atoms with Crippen molar-refractivity contribution in [3.63, 3.8) is 0 Å². The minimum absolute atomic E-state index is 0.103. The van der Waals surface area contributed by atoms with Crippen molar-refractivity contribution in [1.29, 1.82) is 0 Å². The number of hydrogen-bond acceptors (Lipinski definition) is 2. The highest BCUT2D eigenvalue weighted by Gasteiger charge is 2.10. The smallest absolute Gasteiger partial charge is 0.252 e. The molecule has 1 N–H and O–H groups in total. The van der Waals surface area contributed by atoms with E-state index in [9.17, 15) is 4.79 Å². The second-order valence-electron chi connectivity index (χ2n) is 4.84. The van der Waals surface area contributed by atoms with Crippen LogP contribution in [0.2, 0.25) is 0 Å². The highest BCUT2D eigenvalue weighted by molar-refractivity contribution is 9.10. The predicted molar refractivity (Wildman–Crippen MR) is 87.9 cm³/mol. The van der Waals surface area contributed by atoms with Crippen molar-refractivity contribution < 1.29 is 9.53 Å². The van der Waals surface area contributed by atoms with Crippen molar-refractivity contribution in [2.45, 2.75) is 13.3 Å². The van der Waals surface area contributed by atoms with Gasteiger partial charge < -0.3 is 10.1 Å². The number of ether oxygens (including phenoxy) is 1. The quantitative estimate of drug-likeness (QED) is 0.894. The van der Waals surface area contributed by atoms with E-state index in [4.69, 9.17) is 4.74 Å². The highest BCUT2D eigenvalue weighted by atomic mass is 79.9. The third-order valence-corrected chi connectivity index (χ3v) is 3.89. The maximum absolute atomic E-state index is 12.2. The van der Waals surface area contributed by atoms with Crippen LogP contribution in [0.5, 0.6) is 5.75 Å². The Kier molecular flexibility index (Phi) is 5.39. The number of aryl methyl sites for hydroxylation is 1. The van der Waals surface area contributed by atoms with E-state index in [2.05, 4.69) is 46.4 Å². The topological polar surface area (TPSA) is 38.3 Å². The van der Waals surface area contributed by atoms with Crippen molar-refractivity contribution in [2.75, 3.05) is 13.7 Å². The lowest BCUT2D eigenvalue weighted by atomic mass is 10.1. The van der Waals surface area contributed by atoms with Crippen LogP contribution in [0.25, 0.3) is 0 Å². The Bertz CT molecular complexity index is 640. The van der Waals surface area contributed by atoms with Gasteiger partial charge in [0.2, 0.25) is 0 Å². The standard InChI is InChI=1S/C17H18BrNO2/c1-12-4-3-5-13(10-12)8-9-19-17(20)15-11-14(21-2)6-7-16(15)18/h3-7,10-11H,8-9H2,1-2H3,(H,19,20). The second kappa shape index (κ2) is 7.27. The largest absolute Gasteiger partial charge is 0.497 e. The average molecular weight is 348 g/mol. The van der Waals surface area contributed by atoms with E-state index >= 15 is 0 Å². The molecule has 0 aliphatic carbocycles. The lowest BCUT2D eigenvalue weighted by Gasteiger charge is -2.09. The molecule has 110 valence electrons. The van der Waals surface area contributed by atoms with Gasteiger partial charge in [0.25, 0.3) is 5.91 Å². The maximum Gasteiger partial charge on any atom is 0.252 e. The summed E-state index contributed by atoms with van der Waals surface area (Å²) >= 11 is 3.39. The molecule has 2 aromatic rings. The molecule has 0 radical (unpaired) electrons. The molecule has 0 unspecified atom stereocenters. The van der Waals surface area contributed by atoms with E-state index in [0.717, 1.165) is 10.9 Å². The first kappa shape index (κ1) is 15.6. The van der Waals surface area contributed by atoms with Gasteiger partial charge in [0.15, 0.2) is 0 Å². The monoisotopic (exact) mass is 347 g/mol. The van der Waals surface area contributed by atoms with Gasteiger partial charge in [0.05, 0.1) is 12.7 Å². The summed E-state index contributed by atoms with van der Waals surface area (Å²) in [5, 5.41) is 2.93. The minimum Gasteiger partial charge on any atom is -0.497 e. The Morgan fingerprint density at radius 1 is 1.24 bits per heavy atom. The molecule has 0 saturated heterocycles. The van der Waals surface area contributed by atoms with Gasteiger partial charge in [-0.3, -0.25) is 4.79 Å². The van der Waals surface area contributed by atoms with Gasteiger partial charge in [0, 0.05) is 11.0 Å². The molecule has 0 aliphatic rings. The van der Waals surface area contributed by atoms with Gasteiger partial charge >= 0.3 is 0 Å². The average Bonchev–Trinajstić information content (AvgIpc) is 2.47. The first-order valence-electron chi connectivity index (χ1n) is 6.77. The van der Waals surface area contributed by atoms with Gasteiger partial charge in [-0.25, -0.2) is 0 Å². The number of rotatable bonds is 5. The molecular weight excluding hydrogens is 330 g/mol. The second-order valence-corrected chi connectivity index (χ2v) is 5.70. The zero-order chi connectivity index (χ0) is 15.2. The van der Waals surface area contributed by atoms with Gasteiger partial charge in [-0.2, -0.15) is 0 Å². The lowest BCUT2D eigenvalue weighted by molar-refractivity contribution is 0.0953. The molecule has 3 nitrogen and oxygen atoms in total. The van der Waals surface area contributed by atoms with Crippen LogP contribution in [0, 0.1) is 6.92 Å². The zero-order valence-corrected chi connectivity index (χ0v) is 13.7. The maximum atomic E-state index is 12.2. The van der Waals surface area contributed by atoms with Gasteiger partial charge in [-0.15, -0.1) is 0 Å². The van der Waals surface area contributed by atoms with Crippen LogP contribution in [0.3, 0.4) is 0 Å². The lowest BCUT2D eigenvalue weighted by Crippen LogP contribution is -2.26. The molecule has 2 aromatic carbocycles. The SMILES string of the molecule is COc1ccc(Br)c(C(=O)NCCc2cccc(C)c2)c1. The molecule has 0 aliphatic heterocycles. The molecule has 0 saturated carbocycles. The highest BCUT2D eigenvalue weighted by Crippen LogP contribution is 2.22. The third-order valence-electron chi connectivity index (χ3n) is 3.20.